The van der Waals surface area contributed by atoms with Gasteiger partial charge in [0, 0.05) is 6.20 Å². The molecule has 4 nitrogen and oxygen atoms in total. The average Bonchev–Trinajstić information content (AvgIpc) is 2.67. The van der Waals surface area contributed by atoms with E-state index in [0.717, 1.165) is 18.2 Å². The predicted octanol–water partition coefficient (Wildman–Crippen LogP) is 5.07. The minimum atomic E-state index is -4.61. The Balaban J connectivity index is 1.87. The second-order valence-electron chi connectivity index (χ2n) is 5.82. The summed E-state index contributed by atoms with van der Waals surface area (Å²) in [5.74, 6) is -1.22. The molecular formula is C20H14F4N2O2. The van der Waals surface area contributed by atoms with Crippen LogP contribution in [0.25, 0.3) is 0 Å². The molecule has 0 atom stereocenters. The first kappa shape index (κ1) is 19.3. The van der Waals surface area contributed by atoms with Crippen LogP contribution < -0.4 is 10.1 Å². The predicted molar refractivity (Wildman–Crippen MR) is 94.4 cm³/mol. The molecule has 0 aliphatic heterocycles. The van der Waals surface area contributed by atoms with Crippen molar-refractivity contribution in [3.8, 4) is 5.75 Å². The Morgan fingerprint density at radius 1 is 1.07 bits per heavy atom. The SMILES string of the molecule is O=C(Nc1cccnc1)c1cc(C(F)(F)F)ccc1OCc1ccc(F)cc1. The van der Waals surface area contributed by atoms with Gasteiger partial charge in [-0.25, -0.2) is 4.39 Å². The molecular weight excluding hydrogens is 376 g/mol. The number of nitrogens with one attached hydrogen (secondary N) is 1. The first-order valence-corrected chi connectivity index (χ1v) is 8.13. The monoisotopic (exact) mass is 390 g/mol. The van der Waals surface area contributed by atoms with Crippen LogP contribution in [0, 0.1) is 5.82 Å². The highest BCUT2D eigenvalue weighted by molar-refractivity contribution is 6.06. The van der Waals surface area contributed by atoms with Crippen LogP contribution in [0.1, 0.15) is 21.5 Å². The third kappa shape index (κ3) is 4.85. The third-order valence-corrected chi connectivity index (χ3v) is 3.78. The molecule has 0 saturated heterocycles. The summed E-state index contributed by atoms with van der Waals surface area (Å²) in [4.78, 5) is 16.4. The molecule has 144 valence electrons. The molecule has 8 heteroatoms. The number of aromatic nitrogens is 1. The maximum Gasteiger partial charge on any atom is 0.416 e. The first-order chi connectivity index (χ1) is 13.3. The second kappa shape index (κ2) is 8.08. The molecule has 0 radical (unpaired) electrons. The molecule has 28 heavy (non-hydrogen) atoms. The Morgan fingerprint density at radius 2 is 1.82 bits per heavy atom. The van der Waals surface area contributed by atoms with Crippen LogP contribution >= 0.6 is 0 Å². The standard InChI is InChI=1S/C20H14F4N2O2/c21-15-6-3-13(4-7-15)12-28-18-8-5-14(20(22,23)24)10-17(18)19(27)26-16-2-1-9-25-11-16/h1-11H,12H2,(H,26,27). The average molecular weight is 390 g/mol. The molecule has 0 unspecified atom stereocenters. The lowest BCUT2D eigenvalue weighted by atomic mass is 10.1. The van der Waals surface area contributed by atoms with Gasteiger partial charge in [0.25, 0.3) is 5.91 Å². The van der Waals surface area contributed by atoms with Crippen molar-refractivity contribution in [2.45, 2.75) is 12.8 Å². The van der Waals surface area contributed by atoms with E-state index in [2.05, 4.69) is 10.3 Å². The maximum atomic E-state index is 13.1. The van der Waals surface area contributed by atoms with Gasteiger partial charge in [-0.2, -0.15) is 13.2 Å². The lowest BCUT2D eigenvalue weighted by Gasteiger charge is -2.15. The van der Waals surface area contributed by atoms with E-state index in [4.69, 9.17) is 4.74 Å². The van der Waals surface area contributed by atoms with Gasteiger partial charge < -0.3 is 10.1 Å². The minimum absolute atomic E-state index is 0.0290. The number of ether oxygens (including phenoxy) is 1. The Bertz CT molecular complexity index is 958. The number of hydrogen-bond acceptors (Lipinski definition) is 3. The van der Waals surface area contributed by atoms with E-state index in [-0.39, 0.29) is 17.9 Å². The van der Waals surface area contributed by atoms with Crippen molar-refractivity contribution in [3.63, 3.8) is 0 Å². The number of benzene rings is 2. The van der Waals surface area contributed by atoms with Gasteiger partial charge in [0.1, 0.15) is 18.2 Å². The number of carbonyl (C=O) groups excluding carboxylic acids is 1. The van der Waals surface area contributed by atoms with Crippen molar-refractivity contribution in [2.24, 2.45) is 0 Å². The number of alkyl halides is 3. The molecule has 1 heterocycles. The first-order valence-electron chi connectivity index (χ1n) is 8.13. The van der Waals surface area contributed by atoms with E-state index in [1.807, 2.05) is 0 Å². The largest absolute Gasteiger partial charge is 0.488 e. The molecule has 0 aliphatic carbocycles. The van der Waals surface area contributed by atoms with Crippen LogP contribution in [0.3, 0.4) is 0 Å². The number of rotatable bonds is 5. The Labute approximate surface area is 157 Å². The van der Waals surface area contributed by atoms with Crippen molar-refractivity contribution in [1.82, 2.24) is 4.98 Å². The van der Waals surface area contributed by atoms with E-state index < -0.39 is 23.5 Å². The minimum Gasteiger partial charge on any atom is -0.488 e. The van der Waals surface area contributed by atoms with Crippen LogP contribution in [0.15, 0.2) is 67.0 Å². The zero-order valence-corrected chi connectivity index (χ0v) is 14.3. The maximum absolute atomic E-state index is 13.1. The van der Waals surface area contributed by atoms with E-state index in [1.165, 1.54) is 36.7 Å². The third-order valence-electron chi connectivity index (χ3n) is 3.78. The number of anilines is 1. The number of amides is 1. The molecule has 2 aromatic carbocycles. The molecule has 0 saturated carbocycles. The second-order valence-corrected chi connectivity index (χ2v) is 5.82. The van der Waals surface area contributed by atoms with Crippen molar-refractivity contribution in [2.75, 3.05) is 5.32 Å². The fourth-order valence-corrected chi connectivity index (χ4v) is 2.39. The Hall–Kier alpha value is -3.42. The molecule has 1 amide bonds. The topological polar surface area (TPSA) is 51.2 Å². The Kier molecular flexibility index (Phi) is 5.58. The highest BCUT2D eigenvalue weighted by atomic mass is 19.4. The highest BCUT2D eigenvalue weighted by Crippen LogP contribution is 2.33. The van der Waals surface area contributed by atoms with Crippen LogP contribution in [0.5, 0.6) is 5.75 Å². The number of hydrogen-bond donors (Lipinski definition) is 1. The molecule has 0 bridgehead atoms. The molecule has 3 aromatic rings. The van der Waals surface area contributed by atoms with E-state index in [9.17, 15) is 22.4 Å². The van der Waals surface area contributed by atoms with Crippen LogP contribution in [0.4, 0.5) is 23.2 Å². The summed E-state index contributed by atoms with van der Waals surface area (Å²) in [5, 5.41) is 2.48. The van der Waals surface area contributed by atoms with Crippen molar-refractivity contribution >= 4 is 11.6 Å². The summed E-state index contributed by atoms with van der Waals surface area (Å²) in [6, 6.07) is 11.2. The summed E-state index contributed by atoms with van der Waals surface area (Å²) < 4.78 is 57.7. The van der Waals surface area contributed by atoms with Gasteiger partial charge in [0.15, 0.2) is 0 Å². The normalized spacial score (nSPS) is 11.1. The summed E-state index contributed by atoms with van der Waals surface area (Å²) in [6.07, 6.45) is -1.75. The van der Waals surface area contributed by atoms with Crippen LogP contribution in [0.2, 0.25) is 0 Å². The number of carbonyl (C=O) groups is 1. The zero-order chi connectivity index (χ0) is 20.1. The molecule has 0 aliphatic rings. The van der Waals surface area contributed by atoms with Crippen molar-refractivity contribution in [1.29, 1.82) is 0 Å². The fourth-order valence-electron chi connectivity index (χ4n) is 2.39. The van der Waals surface area contributed by atoms with Gasteiger partial charge in [-0.3, -0.25) is 9.78 Å². The van der Waals surface area contributed by atoms with Crippen molar-refractivity contribution < 1.29 is 27.1 Å². The molecule has 1 N–H and O–H groups in total. The molecule has 0 fully saturated rings. The van der Waals surface area contributed by atoms with E-state index >= 15 is 0 Å². The van der Waals surface area contributed by atoms with E-state index in [0.29, 0.717) is 11.3 Å². The van der Waals surface area contributed by atoms with Gasteiger partial charge in [-0.1, -0.05) is 12.1 Å². The van der Waals surface area contributed by atoms with Crippen molar-refractivity contribution in [3.05, 3.63) is 89.5 Å². The highest BCUT2D eigenvalue weighted by Gasteiger charge is 2.32. The smallest absolute Gasteiger partial charge is 0.416 e. The van der Waals surface area contributed by atoms with Gasteiger partial charge >= 0.3 is 6.18 Å². The van der Waals surface area contributed by atoms with Gasteiger partial charge in [-0.05, 0) is 48.0 Å². The van der Waals surface area contributed by atoms with Crippen LogP contribution in [-0.2, 0) is 12.8 Å². The van der Waals surface area contributed by atoms with Crippen LogP contribution in [-0.4, -0.2) is 10.9 Å². The van der Waals surface area contributed by atoms with Gasteiger partial charge in [-0.15, -0.1) is 0 Å². The van der Waals surface area contributed by atoms with E-state index in [1.54, 1.807) is 12.1 Å². The quantitative estimate of drug-likeness (QED) is 0.619. The molecule has 0 spiro atoms. The summed E-state index contributed by atoms with van der Waals surface area (Å²) in [5.41, 5.74) is -0.326. The lowest BCUT2D eigenvalue weighted by Crippen LogP contribution is -2.16. The van der Waals surface area contributed by atoms with Gasteiger partial charge in [0.05, 0.1) is 23.0 Å². The number of nitrogens with zero attached hydrogens (tertiary/aromatic N) is 1. The Morgan fingerprint density at radius 3 is 2.46 bits per heavy atom. The summed E-state index contributed by atoms with van der Waals surface area (Å²) >= 11 is 0. The summed E-state index contributed by atoms with van der Waals surface area (Å²) in [6.45, 7) is -0.0428. The lowest BCUT2D eigenvalue weighted by molar-refractivity contribution is -0.137. The number of pyridine rings is 1. The molecule has 1 aromatic heterocycles. The summed E-state index contributed by atoms with van der Waals surface area (Å²) in [7, 11) is 0. The zero-order valence-electron chi connectivity index (χ0n) is 14.3. The molecule has 3 rings (SSSR count). The number of halogens is 4. The fraction of sp³-hybridized carbons (Fsp3) is 0.100. The van der Waals surface area contributed by atoms with Gasteiger partial charge in [0.2, 0.25) is 0 Å².